The molecule has 1 rings (SSSR count). The Labute approximate surface area is 106 Å². The summed E-state index contributed by atoms with van der Waals surface area (Å²) in [5.74, 6) is -0.796. The van der Waals surface area contributed by atoms with Crippen LogP contribution in [-0.2, 0) is 4.74 Å². The minimum Gasteiger partial charge on any atom is -0.394 e. The molecule has 1 aliphatic rings. The van der Waals surface area contributed by atoms with Gasteiger partial charge in [-0.3, -0.25) is 0 Å². The molecule has 18 heavy (non-hydrogen) atoms. The molecule has 0 aromatic carbocycles. The topological polar surface area (TPSA) is 110 Å². The third-order valence-corrected chi connectivity index (χ3v) is 3.41. The predicted molar refractivity (Wildman–Crippen MR) is 62.1 cm³/mol. The Kier molecular flexibility index (Phi) is 5.07. The van der Waals surface area contributed by atoms with Gasteiger partial charge in [-0.25, -0.2) is 0 Å². The normalized spacial score (nSPS) is 39.7. The minimum atomic E-state index is -1.32. The van der Waals surface area contributed by atoms with Crippen LogP contribution in [0.4, 0.5) is 0 Å². The molecule has 3 unspecified atom stereocenters. The molecule has 0 amide bonds. The van der Waals surface area contributed by atoms with Crippen molar-refractivity contribution in [3.63, 3.8) is 0 Å². The van der Waals surface area contributed by atoms with Crippen molar-refractivity contribution in [2.75, 3.05) is 27.7 Å². The van der Waals surface area contributed by atoms with Crippen LogP contribution >= 0.6 is 0 Å². The molecule has 0 aromatic rings. The van der Waals surface area contributed by atoms with E-state index in [-0.39, 0.29) is 10.9 Å². The molecule has 0 aliphatic carbocycles. The van der Waals surface area contributed by atoms with Crippen LogP contribution in [0.25, 0.3) is 0 Å². The summed E-state index contributed by atoms with van der Waals surface area (Å²) < 4.78 is 5.27. The van der Waals surface area contributed by atoms with Crippen molar-refractivity contribution >= 4 is 0 Å². The van der Waals surface area contributed by atoms with E-state index in [2.05, 4.69) is 0 Å². The predicted octanol–water partition coefficient (Wildman–Crippen LogP) is -2.55. The number of aliphatic hydroxyl groups is 5. The fourth-order valence-corrected chi connectivity index (χ4v) is 1.97. The molecule has 0 radical (unpaired) electrons. The molecule has 0 saturated carbocycles. The summed E-state index contributed by atoms with van der Waals surface area (Å²) in [5, 5.41) is 48.2. The van der Waals surface area contributed by atoms with Crippen LogP contribution < -0.4 is 0 Å². The fourth-order valence-electron chi connectivity index (χ4n) is 1.97. The Morgan fingerprint density at radius 2 is 1.67 bits per heavy atom. The standard InChI is InChI=1S/C11H24NO6/c1-12(2,3)8(14)4-6-9(15)10(16)7(5-13)18-11(6)17/h6-11,13-17H,4-5H2,1-3H3/q+1/t6?,7?,8?,9-,10+,11+/m0/s1. The smallest absolute Gasteiger partial charge is 0.190 e. The molecule has 1 aliphatic heterocycles. The Hall–Kier alpha value is -0.280. The highest BCUT2D eigenvalue weighted by Crippen LogP contribution is 2.29. The van der Waals surface area contributed by atoms with Gasteiger partial charge >= 0.3 is 0 Å². The number of rotatable bonds is 4. The summed E-state index contributed by atoms with van der Waals surface area (Å²) in [6.07, 6.45) is -5.56. The molecule has 7 nitrogen and oxygen atoms in total. The number of nitrogens with zero attached hydrogens (tertiary/aromatic N) is 1. The Bertz CT molecular complexity index is 269. The van der Waals surface area contributed by atoms with E-state index in [0.29, 0.717) is 0 Å². The van der Waals surface area contributed by atoms with Gasteiger partial charge in [0.1, 0.15) is 12.2 Å². The summed E-state index contributed by atoms with van der Waals surface area (Å²) in [6, 6.07) is 0. The van der Waals surface area contributed by atoms with E-state index < -0.39 is 43.4 Å². The quantitative estimate of drug-likeness (QED) is 0.283. The lowest BCUT2D eigenvalue weighted by molar-refractivity contribution is -0.919. The van der Waals surface area contributed by atoms with Gasteiger partial charge in [-0.15, -0.1) is 0 Å². The number of hydrogen-bond acceptors (Lipinski definition) is 6. The third-order valence-electron chi connectivity index (χ3n) is 3.41. The molecule has 7 heteroatoms. The lowest BCUT2D eigenvalue weighted by Gasteiger charge is -2.42. The van der Waals surface area contributed by atoms with E-state index >= 15 is 0 Å². The average Bonchev–Trinajstić information content (AvgIpc) is 2.27. The van der Waals surface area contributed by atoms with Gasteiger partial charge in [0.2, 0.25) is 0 Å². The SMILES string of the molecule is C[N+](C)(C)C(O)CC1[C@H](O)OC(CO)[C@@H](O)[C@H]1O. The first kappa shape index (κ1) is 15.8. The van der Waals surface area contributed by atoms with Gasteiger partial charge in [0.25, 0.3) is 0 Å². The van der Waals surface area contributed by atoms with E-state index in [1.54, 1.807) is 21.1 Å². The number of aliphatic hydroxyl groups excluding tert-OH is 5. The van der Waals surface area contributed by atoms with Crippen molar-refractivity contribution in [1.29, 1.82) is 0 Å². The van der Waals surface area contributed by atoms with E-state index in [1.807, 2.05) is 0 Å². The Morgan fingerprint density at radius 1 is 1.11 bits per heavy atom. The number of hydrogen-bond donors (Lipinski definition) is 5. The van der Waals surface area contributed by atoms with Gasteiger partial charge in [0.15, 0.2) is 12.5 Å². The maximum atomic E-state index is 9.95. The van der Waals surface area contributed by atoms with Crippen LogP contribution in [0.3, 0.4) is 0 Å². The lowest BCUT2D eigenvalue weighted by atomic mass is 9.87. The van der Waals surface area contributed by atoms with Crippen LogP contribution in [0.1, 0.15) is 6.42 Å². The molecule has 1 fully saturated rings. The zero-order chi connectivity index (χ0) is 14.1. The van der Waals surface area contributed by atoms with Gasteiger partial charge < -0.3 is 34.8 Å². The molecule has 6 atom stereocenters. The molecule has 0 spiro atoms. The Morgan fingerprint density at radius 3 is 2.11 bits per heavy atom. The highest BCUT2D eigenvalue weighted by molar-refractivity contribution is 4.88. The number of quaternary nitrogens is 1. The minimum absolute atomic E-state index is 0.0844. The van der Waals surface area contributed by atoms with Gasteiger partial charge in [-0.1, -0.05) is 0 Å². The fraction of sp³-hybridized carbons (Fsp3) is 1.00. The summed E-state index contributed by atoms with van der Waals surface area (Å²) >= 11 is 0. The first-order valence-electron chi connectivity index (χ1n) is 5.98. The van der Waals surface area contributed by atoms with Crippen molar-refractivity contribution in [3.8, 4) is 0 Å². The molecule has 1 heterocycles. The maximum absolute atomic E-state index is 9.95. The van der Waals surface area contributed by atoms with Crippen LogP contribution in [0, 0.1) is 5.92 Å². The molecule has 0 bridgehead atoms. The average molecular weight is 266 g/mol. The van der Waals surface area contributed by atoms with E-state index in [4.69, 9.17) is 9.84 Å². The molecular weight excluding hydrogens is 242 g/mol. The van der Waals surface area contributed by atoms with Crippen molar-refractivity contribution in [2.24, 2.45) is 5.92 Å². The van der Waals surface area contributed by atoms with Crippen LogP contribution in [0.15, 0.2) is 0 Å². The maximum Gasteiger partial charge on any atom is 0.190 e. The monoisotopic (exact) mass is 266 g/mol. The lowest BCUT2D eigenvalue weighted by Crippen LogP contribution is -2.58. The summed E-state index contributed by atoms with van der Waals surface area (Å²) in [7, 11) is 5.33. The van der Waals surface area contributed by atoms with Crippen molar-refractivity contribution < 1.29 is 34.8 Å². The second-order valence-electron chi connectivity index (χ2n) is 5.73. The largest absolute Gasteiger partial charge is 0.394 e. The second-order valence-corrected chi connectivity index (χ2v) is 5.73. The molecule has 108 valence electrons. The van der Waals surface area contributed by atoms with Crippen molar-refractivity contribution in [1.82, 2.24) is 0 Å². The summed E-state index contributed by atoms with van der Waals surface area (Å²) in [6.45, 7) is -0.486. The van der Waals surface area contributed by atoms with Gasteiger partial charge in [0.05, 0.1) is 33.9 Å². The number of ether oxygens (including phenoxy) is 1. The van der Waals surface area contributed by atoms with Gasteiger partial charge in [0, 0.05) is 12.3 Å². The van der Waals surface area contributed by atoms with E-state index in [9.17, 15) is 20.4 Å². The first-order valence-corrected chi connectivity index (χ1v) is 5.98. The van der Waals surface area contributed by atoms with E-state index in [1.165, 1.54) is 0 Å². The highest BCUT2D eigenvalue weighted by Gasteiger charge is 2.45. The molecule has 1 saturated heterocycles. The summed E-state index contributed by atoms with van der Waals surface area (Å²) in [5.41, 5.74) is 0. The van der Waals surface area contributed by atoms with Crippen LogP contribution in [0.5, 0.6) is 0 Å². The third kappa shape index (κ3) is 3.39. The first-order chi connectivity index (χ1) is 8.18. The van der Waals surface area contributed by atoms with Crippen LogP contribution in [-0.4, -0.2) is 88.6 Å². The molecular formula is C11H24NO6+. The summed E-state index contributed by atoms with van der Waals surface area (Å²) in [4.78, 5) is 0. The van der Waals surface area contributed by atoms with Gasteiger partial charge in [-0.2, -0.15) is 0 Å². The molecule has 5 N–H and O–H groups in total. The zero-order valence-corrected chi connectivity index (χ0v) is 11.0. The molecule has 0 aromatic heterocycles. The van der Waals surface area contributed by atoms with Gasteiger partial charge in [-0.05, 0) is 0 Å². The van der Waals surface area contributed by atoms with Crippen molar-refractivity contribution in [2.45, 2.75) is 37.3 Å². The second kappa shape index (κ2) is 5.79. The van der Waals surface area contributed by atoms with E-state index in [0.717, 1.165) is 0 Å². The zero-order valence-electron chi connectivity index (χ0n) is 11.0. The van der Waals surface area contributed by atoms with Crippen LogP contribution in [0.2, 0.25) is 0 Å². The highest BCUT2D eigenvalue weighted by atomic mass is 16.6. The van der Waals surface area contributed by atoms with Crippen molar-refractivity contribution in [3.05, 3.63) is 0 Å². The Balaban J connectivity index is 2.71.